The number of piperidine rings is 1. The van der Waals surface area contributed by atoms with Crippen LogP contribution in [0.4, 0.5) is 0 Å². The van der Waals surface area contributed by atoms with E-state index in [4.69, 9.17) is 11.6 Å². The number of hydrogen-bond acceptors (Lipinski definition) is 3. The summed E-state index contributed by atoms with van der Waals surface area (Å²) in [6.07, 6.45) is 1.28. The van der Waals surface area contributed by atoms with Crippen molar-refractivity contribution < 1.29 is 13.2 Å². The molecular formula is C22H27ClN2O3S. The number of rotatable bonds is 5. The van der Waals surface area contributed by atoms with Crippen molar-refractivity contribution in [2.45, 2.75) is 45.1 Å². The Morgan fingerprint density at radius 1 is 1.17 bits per heavy atom. The van der Waals surface area contributed by atoms with Gasteiger partial charge in [-0.25, -0.2) is 8.42 Å². The first kappa shape index (κ1) is 21.8. The Bertz CT molecular complexity index is 1020. The second-order valence-corrected chi connectivity index (χ2v) is 10.3. The lowest BCUT2D eigenvalue weighted by molar-refractivity contribution is -0.132. The largest absolute Gasteiger partial charge is 0.352 e. The van der Waals surface area contributed by atoms with Crippen molar-refractivity contribution in [1.82, 2.24) is 9.62 Å². The maximum atomic E-state index is 13.2. The van der Waals surface area contributed by atoms with E-state index in [0.29, 0.717) is 36.5 Å². The smallest absolute Gasteiger partial charge is 0.243 e. The van der Waals surface area contributed by atoms with Crippen LogP contribution in [-0.2, 0) is 21.4 Å². The second kappa shape index (κ2) is 8.46. The van der Waals surface area contributed by atoms with Gasteiger partial charge in [0, 0.05) is 24.7 Å². The second-order valence-electron chi connectivity index (χ2n) is 7.97. The van der Waals surface area contributed by atoms with E-state index in [2.05, 4.69) is 5.32 Å². The highest BCUT2D eigenvalue weighted by Crippen LogP contribution is 2.34. The van der Waals surface area contributed by atoms with Crippen LogP contribution >= 0.6 is 11.6 Å². The van der Waals surface area contributed by atoms with Crippen LogP contribution in [0.25, 0.3) is 0 Å². The number of benzene rings is 2. The molecule has 0 radical (unpaired) electrons. The SMILES string of the molecule is Cc1ccccc1CNC(=O)[C@]1(C)CCCN(S(=O)(=O)c2cccc(Cl)c2C)C1. The zero-order valence-electron chi connectivity index (χ0n) is 17.0. The van der Waals surface area contributed by atoms with E-state index >= 15 is 0 Å². The van der Waals surface area contributed by atoms with Crippen molar-refractivity contribution in [3.63, 3.8) is 0 Å². The van der Waals surface area contributed by atoms with Crippen LogP contribution in [0.5, 0.6) is 0 Å². The maximum Gasteiger partial charge on any atom is 0.243 e. The number of carbonyl (C=O) groups is 1. The topological polar surface area (TPSA) is 66.5 Å². The van der Waals surface area contributed by atoms with E-state index in [1.165, 1.54) is 4.31 Å². The van der Waals surface area contributed by atoms with Gasteiger partial charge in [-0.05, 0) is 62.4 Å². The van der Waals surface area contributed by atoms with Gasteiger partial charge in [0.25, 0.3) is 0 Å². The summed E-state index contributed by atoms with van der Waals surface area (Å²) in [5, 5.41) is 3.42. The molecule has 0 saturated carbocycles. The minimum Gasteiger partial charge on any atom is -0.352 e. The number of nitrogens with zero attached hydrogens (tertiary/aromatic N) is 1. The molecule has 1 amide bonds. The number of nitrogens with one attached hydrogen (secondary N) is 1. The molecule has 0 aliphatic carbocycles. The average Bonchev–Trinajstić information content (AvgIpc) is 2.69. The van der Waals surface area contributed by atoms with E-state index in [1.54, 1.807) is 25.1 Å². The van der Waals surface area contributed by atoms with Crippen LogP contribution in [0.15, 0.2) is 47.4 Å². The molecule has 1 aliphatic heterocycles. The Kier molecular flexibility index (Phi) is 6.36. The van der Waals surface area contributed by atoms with Gasteiger partial charge in [-0.1, -0.05) is 41.9 Å². The first-order chi connectivity index (χ1) is 13.6. The average molecular weight is 435 g/mol. The van der Waals surface area contributed by atoms with Gasteiger partial charge < -0.3 is 5.32 Å². The summed E-state index contributed by atoms with van der Waals surface area (Å²) in [5.74, 6) is -0.122. The number of carbonyl (C=O) groups excluding carboxylic acids is 1. The van der Waals surface area contributed by atoms with E-state index in [0.717, 1.165) is 11.1 Å². The molecule has 2 aromatic rings. The normalized spacial score (nSPS) is 20.4. The van der Waals surface area contributed by atoms with Crippen molar-refractivity contribution >= 4 is 27.5 Å². The monoisotopic (exact) mass is 434 g/mol. The highest BCUT2D eigenvalue weighted by atomic mass is 35.5. The zero-order valence-corrected chi connectivity index (χ0v) is 18.6. The van der Waals surface area contributed by atoms with Gasteiger partial charge in [0.05, 0.1) is 10.3 Å². The van der Waals surface area contributed by atoms with Crippen LogP contribution in [0.2, 0.25) is 5.02 Å². The van der Waals surface area contributed by atoms with E-state index < -0.39 is 15.4 Å². The molecule has 2 aromatic carbocycles. The fraction of sp³-hybridized carbons (Fsp3) is 0.409. The highest BCUT2D eigenvalue weighted by molar-refractivity contribution is 7.89. The van der Waals surface area contributed by atoms with Crippen molar-refractivity contribution in [2.24, 2.45) is 5.41 Å². The lowest BCUT2D eigenvalue weighted by Crippen LogP contribution is -2.51. The first-order valence-corrected chi connectivity index (χ1v) is 11.5. The lowest BCUT2D eigenvalue weighted by Gasteiger charge is -2.38. The molecule has 0 spiro atoms. The molecule has 1 N–H and O–H groups in total. The molecule has 0 aromatic heterocycles. The van der Waals surface area contributed by atoms with Gasteiger partial charge in [0.15, 0.2) is 0 Å². The molecule has 1 heterocycles. The number of halogens is 1. The Morgan fingerprint density at radius 3 is 2.62 bits per heavy atom. The molecule has 1 atom stereocenters. The lowest BCUT2D eigenvalue weighted by atomic mass is 9.82. The molecule has 7 heteroatoms. The molecule has 0 bridgehead atoms. The molecule has 1 aliphatic rings. The summed E-state index contributed by atoms with van der Waals surface area (Å²) in [4.78, 5) is 13.2. The molecule has 1 fully saturated rings. The van der Waals surface area contributed by atoms with Crippen molar-refractivity contribution in [1.29, 1.82) is 0 Å². The number of sulfonamides is 1. The number of hydrogen-bond donors (Lipinski definition) is 1. The molecule has 29 heavy (non-hydrogen) atoms. The fourth-order valence-electron chi connectivity index (χ4n) is 3.79. The number of amides is 1. The summed E-state index contributed by atoms with van der Waals surface area (Å²) >= 11 is 6.13. The maximum absolute atomic E-state index is 13.2. The minimum atomic E-state index is -3.72. The molecule has 156 valence electrons. The summed E-state index contributed by atoms with van der Waals surface area (Å²) < 4.78 is 27.9. The summed E-state index contributed by atoms with van der Waals surface area (Å²) in [5.41, 5.74) is 1.92. The van der Waals surface area contributed by atoms with Gasteiger partial charge >= 0.3 is 0 Å². The van der Waals surface area contributed by atoms with Gasteiger partial charge in [-0.15, -0.1) is 0 Å². The fourth-order valence-corrected chi connectivity index (χ4v) is 5.87. The summed E-state index contributed by atoms with van der Waals surface area (Å²) in [6, 6.07) is 12.8. The molecule has 5 nitrogen and oxygen atoms in total. The number of aryl methyl sites for hydroxylation is 1. The highest BCUT2D eigenvalue weighted by Gasteiger charge is 2.42. The van der Waals surface area contributed by atoms with E-state index in [-0.39, 0.29) is 17.3 Å². The summed E-state index contributed by atoms with van der Waals surface area (Å²) in [7, 11) is -3.72. The Labute approximate surface area is 178 Å². The first-order valence-electron chi connectivity index (χ1n) is 9.73. The van der Waals surface area contributed by atoms with Gasteiger partial charge in [0.1, 0.15) is 0 Å². The Hall–Kier alpha value is -1.89. The third-order valence-corrected chi connectivity index (χ3v) is 8.15. The quantitative estimate of drug-likeness (QED) is 0.771. The Balaban J connectivity index is 1.77. The molecule has 1 saturated heterocycles. The van der Waals surface area contributed by atoms with Crippen LogP contribution in [0, 0.1) is 19.3 Å². The van der Waals surface area contributed by atoms with Crippen LogP contribution in [-0.4, -0.2) is 31.7 Å². The molecule has 3 rings (SSSR count). The molecular weight excluding hydrogens is 408 g/mol. The van der Waals surface area contributed by atoms with Crippen molar-refractivity contribution in [3.05, 3.63) is 64.2 Å². The van der Waals surface area contributed by atoms with Crippen LogP contribution in [0.1, 0.15) is 36.5 Å². The predicted molar refractivity (Wildman–Crippen MR) is 115 cm³/mol. The standard InChI is InChI=1S/C22H27ClN2O3S/c1-16-8-4-5-9-18(16)14-24-21(26)22(3)12-7-13-25(15-22)29(27,28)20-11-6-10-19(23)17(20)2/h4-6,8-11H,7,12-15H2,1-3H3,(H,24,26)/t22-/m1/s1. The van der Waals surface area contributed by atoms with Crippen LogP contribution < -0.4 is 5.32 Å². The molecule has 0 unspecified atom stereocenters. The van der Waals surface area contributed by atoms with Gasteiger partial charge in [-0.2, -0.15) is 4.31 Å². The van der Waals surface area contributed by atoms with Crippen LogP contribution in [0.3, 0.4) is 0 Å². The van der Waals surface area contributed by atoms with Gasteiger partial charge in [-0.3, -0.25) is 4.79 Å². The predicted octanol–water partition coefficient (Wildman–Crippen LogP) is 4.06. The van der Waals surface area contributed by atoms with Crippen molar-refractivity contribution in [3.8, 4) is 0 Å². The third kappa shape index (κ3) is 4.49. The van der Waals surface area contributed by atoms with E-state index in [1.807, 2.05) is 38.1 Å². The zero-order chi connectivity index (χ0) is 21.2. The van der Waals surface area contributed by atoms with E-state index in [9.17, 15) is 13.2 Å². The Morgan fingerprint density at radius 2 is 1.90 bits per heavy atom. The van der Waals surface area contributed by atoms with Gasteiger partial charge in [0.2, 0.25) is 15.9 Å². The van der Waals surface area contributed by atoms with Crippen molar-refractivity contribution in [2.75, 3.05) is 13.1 Å². The summed E-state index contributed by atoms with van der Waals surface area (Å²) in [6.45, 7) is 6.53. The minimum absolute atomic E-state index is 0.122. The third-order valence-electron chi connectivity index (χ3n) is 5.75.